The van der Waals surface area contributed by atoms with Crippen molar-refractivity contribution in [1.29, 1.82) is 0 Å². The van der Waals surface area contributed by atoms with Gasteiger partial charge in [0.15, 0.2) is 0 Å². The minimum Gasteiger partial charge on any atom is -0.399 e. The number of nitrogens with zero attached hydrogens (tertiary/aromatic N) is 1. The Hall–Kier alpha value is -1.25. The average molecular weight is 149 g/mol. The van der Waals surface area contributed by atoms with E-state index < -0.39 is 0 Å². The van der Waals surface area contributed by atoms with Crippen LogP contribution < -0.4 is 11.2 Å². The Morgan fingerprint density at radius 1 is 1.64 bits per heavy atom. The van der Waals surface area contributed by atoms with Gasteiger partial charge < -0.3 is 11.2 Å². The number of hydrogen-bond donors (Lipinski definition) is 2. The summed E-state index contributed by atoms with van der Waals surface area (Å²) in [7, 11) is 0. The van der Waals surface area contributed by atoms with Crippen LogP contribution in [-0.4, -0.2) is 12.3 Å². The molecule has 0 radical (unpaired) electrons. The largest absolute Gasteiger partial charge is 0.399 e. The second-order valence-electron chi connectivity index (χ2n) is 2.89. The van der Waals surface area contributed by atoms with Gasteiger partial charge in [-0.15, -0.1) is 0 Å². The number of allylic oxidation sites excluding steroid dienone is 1. The zero-order chi connectivity index (χ0) is 7.68. The van der Waals surface area contributed by atoms with E-state index in [1.165, 1.54) is 0 Å². The van der Waals surface area contributed by atoms with Crippen molar-refractivity contribution < 1.29 is 0 Å². The van der Waals surface area contributed by atoms with E-state index >= 15 is 0 Å². The first-order chi connectivity index (χ1) is 5.36. The monoisotopic (exact) mass is 149 g/mol. The van der Waals surface area contributed by atoms with Crippen LogP contribution in [-0.2, 0) is 0 Å². The van der Waals surface area contributed by atoms with E-state index in [2.05, 4.69) is 22.7 Å². The molecule has 3 nitrogen and oxygen atoms in total. The van der Waals surface area contributed by atoms with Crippen LogP contribution in [0.1, 0.15) is 6.42 Å². The molecule has 2 unspecified atom stereocenters. The Morgan fingerprint density at radius 3 is 3.45 bits per heavy atom. The maximum atomic E-state index is 5.64. The van der Waals surface area contributed by atoms with Crippen molar-refractivity contribution in [1.82, 2.24) is 5.43 Å². The first-order valence-electron chi connectivity index (χ1n) is 3.79. The molecule has 0 saturated carbocycles. The van der Waals surface area contributed by atoms with Crippen molar-refractivity contribution in [2.45, 2.75) is 12.5 Å². The first-order valence-corrected chi connectivity index (χ1v) is 3.79. The molecular formula is C8H11N3. The summed E-state index contributed by atoms with van der Waals surface area (Å²) in [5, 5.41) is 3.99. The van der Waals surface area contributed by atoms with Gasteiger partial charge in [0.1, 0.15) is 0 Å². The predicted molar refractivity (Wildman–Crippen MR) is 44.9 cm³/mol. The summed E-state index contributed by atoms with van der Waals surface area (Å²) in [6, 6.07) is 0.354. The number of fused-ring (bicyclic) bond motifs is 1. The summed E-state index contributed by atoms with van der Waals surface area (Å²) in [5.41, 5.74) is 9.53. The fourth-order valence-corrected chi connectivity index (χ4v) is 1.43. The summed E-state index contributed by atoms with van der Waals surface area (Å²) in [4.78, 5) is 0. The van der Waals surface area contributed by atoms with Gasteiger partial charge in [-0.3, -0.25) is 0 Å². The molecule has 0 aromatic rings. The van der Waals surface area contributed by atoms with Crippen molar-refractivity contribution in [3.63, 3.8) is 0 Å². The van der Waals surface area contributed by atoms with Crippen LogP contribution in [0, 0.1) is 5.92 Å². The first kappa shape index (κ1) is 6.46. The molecule has 58 valence electrons. The summed E-state index contributed by atoms with van der Waals surface area (Å²) in [6.07, 6.45) is 8.96. The molecule has 11 heavy (non-hydrogen) atoms. The van der Waals surface area contributed by atoms with Crippen LogP contribution in [0.25, 0.3) is 0 Å². The van der Waals surface area contributed by atoms with E-state index in [0.29, 0.717) is 12.0 Å². The van der Waals surface area contributed by atoms with Gasteiger partial charge in [-0.25, -0.2) is 0 Å². The maximum absolute atomic E-state index is 5.64. The molecule has 2 atom stereocenters. The second kappa shape index (κ2) is 2.42. The van der Waals surface area contributed by atoms with Gasteiger partial charge in [0.25, 0.3) is 0 Å². The van der Waals surface area contributed by atoms with Crippen LogP contribution in [0.3, 0.4) is 0 Å². The Labute approximate surface area is 65.7 Å². The SMILES string of the molecule is NC1=CC2CC=NNC2C=C1. The number of hydrogen-bond acceptors (Lipinski definition) is 3. The lowest BCUT2D eigenvalue weighted by molar-refractivity contribution is 0.470. The van der Waals surface area contributed by atoms with Gasteiger partial charge in [-0.2, -0.15) is 5.10 Å². The van der Waals surface area contributed by atoms with E-state index in [1.54, 1.807) is 0 Å². The minimum absolute atomic E-state index is 0.354. The van der Waals surface area contributed by atoms with E-state index in [9.17, 15) is 0 Å². The van der Waals surface area contributed by atoms with E-state index in [-0.39, 0.29) is 0 Å². The molecule has 2 rings (SSSR count). The van der Waals surface area contributed by atoms with Crippen LogP contribution in [0.2, 0.25) is 0 Å². The van der Waals surface area contributed by atoms with Crippen molar-refractivity contribution in [2.75, 3.05) is 0 Å². The third-order valence-corrected chi connectivity index (χ3v) is 2.06. The molecular weight excluding hydrogens is 138 g/mol. The van der Waals surface area contributed by atoms with E-state index in [1.807, 2.05) is 12.3 Å². The van der Waals surface area contributed by atoms with Gasteiger partial charge in [0.2, 0.25) is 0 Å². The minimum atomic E-state index is 0.354. The fourth-order valence-electron chi connectivity index (χ4n) is 1.43. The molecule has 3 heteroatoms. The van der Waals surface area contributed by atoms with Gasteiger partial charge in [0, 0.05) is 17.8 Å². The summed E-state index contributed by atoms with van der Waals surface area (Å²) < 4.78 is 0. The van der Waals surface area contributed by atoms with Crippen LogP contribution in [0.4, 0.5) is 0 Å². The molecule has 1 aliphatic carbocycles. The normalized spacial score (nSPS) is 34.0. The van der Waals surface area contributed by atoms with Crippen LogP contribution >= 0.6 is 0 Å². The third-order valence-electron chi connectivity index (χ3n) is 2.06. The van der Waals surface area contributed by atoms with Gasteiger partial charge in [-0.1, -0.05) is 12.2 Å². The number of nitrogens with one attached hydrogen (secondary N) is 1. The number of hydrazone groups is 1. The average Bonchev–Trinajstić information content (AvgIpc) is 2.04. The van der Waals surface area contributed by atoms with E-state index in [0.717, 1.165) is 12.1 Å². The Balaban J connectivity index is 2.21. The lowest BCUT2D eigenvalue weighted by Crippen LogP contribution is -2.35. The lowest BCUT2D eigenvalue weighted by Gasteiger charge is -2.26. The smallest absolute Gasteiger partial charge is 0.0690 e. The van der Waals surface area contributed by atoms with Crippen molar-refractivity contribution >= 4 is 6.21 Å². The molecule has 1 aliphatic heterocycles. The summed E-state index contributed by atoms with van der Waals surface area (Å²) in [6.45, 7) is 0. The third kappa shape index (κ3) is 1.13. The Morgan fingerprint density at radius 2 is 2.55 bits per heavy atom. The zero-order valence-corrected chi connectivity index (χ0v) is 6.20. The molecule has 0 saturated heterocycles. The molecule has 0 aromatic heterocycles. The summed E-state index contributed by atoms with van der Waals surface area (Å²) in [5.74, 6) is 0.498. The Bertz CT molecular complexity index is 240. The highest BCUT2D eigenvalue weighted by Gasteiger charge is 2.20. The van der Waals surface area contributed by atoms with Gasteiger partial charge in [0.05, 0.1) is 6.04 Å². The van der Waals surface area contributed by atoms with Gasteiger partial charge in [-0.05, 0) is 12.5 Å². The highest BCUT2D eigenvalue weighted by atomic mass is 15.3. The molecule has 0 spiro atoms. The second-order valence-corrected chi connectivity index (χ2v) is 2.89. The highest BCUT2D eigenvalue weighted by molar-refractivity contribution is 5.59. The molecule has 0 amide bonds. The quantitative estimate of drug-likeness (QED) is 0.522. The van der Waals surface area contributed by atoms with Gasteiger partial charge >= 0.3 is 0 Å². The lowest BCUT2D eigenvalue weighted by atomic mass is 9.91. The molecule has 2 aliphatic rings. The molecule has 0 fully saturated rings. The zero-order valence-electron chi connectivity index (χ0n) is 6.20. The molecule has 1 heterocycles. The topological polar surface area (TPSA) is 50.4 Å². The van der Waals surface area contributed by atoms with Crippen LogP contribution in [0.5, 0.6) is 0 Å². The summed E-state index contributed by atoms with van der Waals surface area (Å²) >= 11 is 0. The van der Waals surface area contributed by atoms with Crippen molar-refractivity contribution in [3.05, 3.63) is 23.9 Å². The standard InChI is InChI=1S/C8H11N3/c9-7-1-2-8-6(5-7)3-4-10-11-8/h1-2,4-6,8,11H,3,9H2. The Kier molecular flexibility index (Phi) is 1.42. The molecule has 3 N–H and O–H groups in total. The molecule has 0 aromatic carbocycles. The molecule has 0 bridgehead atoms. The van der Waals surface area contributed by atoms with E-state index in [4.69, 9.17) is 5.73 Å². The fraction of sp³-hybridized carbons (Fsp3) is 0.375. The van der Waals surface area contributed by atoms with Crippen molar-refractivity contribution in [2.24, 2.45) is 16.8 Å². The van der Waals surface area contributed by atoms with Crippen molar-refractivity contribution in [3.8, 4) is 0 Å². The highest BCUT2D eigenvalue weighted by Crippen LogP contribution is 2.19. The number of rotatable bonds is 0. The maximum Gasteiger partial charge on any atom is 0.0690 e. The number of nitrogens with two attached hydrogens (primary N) is 1. The van der Waals surface area contributed by atoms with Crippen LogP contribution in [0.15, 0.2) is 29.0 Å². The predicted octanol–water partition coefficient (Wildman–Crippen LogP) is 0.363.